The molecule has 0 amide bonds. The minimum absolute atomic E-state index is 0.0460. The molecule has 1 aromatic heterocycles. The molecule has 6 rings (SSSR count). The fourth-order valence-corrected chi connectivity index (χ4v) is 5.31. The fourth-order valence-electron chi connectivity index (χ4n) is 5.31. The maximum atomic E-state index is 13.9. The number of aliphatic hydroxyl groups excluding tert-OH is 1. The van der Waals surface area contributed by atoms with Gasteiger partial charge in [0.15, 0.2) is 24.1 Å². The molecular weight excluding hydrogens is 636 g/mol. The average Bonchev–Trinajstić information content (AvgIpc) is 3.07. The molecule has 49 heavy (non-hydrogen) atoms. The van der Waals surface area contributed by atoms with E-state index >= 15 is 0 Å². The van der Waals surface area contributed by atoms with Crippen molar-refractivity contribution in [2.45, 2.75) is 37.6 Å². The van der Waals surface area contributed by atoms with Crippen LogP contribution in [0.15, 0.2) is 107 Å². The molecule has 5 atom stereocenters. The molecule has 1 fully saturated rings. The number of ether oxygens (including phenoxy) is 4. The van der Waals surface area contributed by atoms with Crippen molar-refractivity contribution in [2.24, 2.45) is 0 Å². The van der Waals surface area contributed by atoms with Gasteiger partial charge in [-0.25, -0.2) is 0 Å². The van der Waals surface area contributed by atoms with Gasteiger partial charge in [0.05, 0.1) is 18.6 Å². The Morgan fingerprint density at radius 2 is 1.22 bits per heavy atom. The molecule has 0 radical (unpaired) electrons. The Balaban J connectivity index is 1.34. The molecular formula is C37H32O12. The first-order valence-corrected chi connectivity index (χ1v) is 15.1. The summed E-state index contributed by atoms with van der Waals surface area (Å²) >= 11 is 0. The number of hydrogen-bond donors (Lipinski definition) is 6. The van der Waals surface area contributed by atoms with Crippen LogP contribution >= 0.6 is 0 Å². The van der Waals surface area contributed by atoms with Gasteiger partial charge in [-0.3, -0.25) is 4.79 Å². The highest BCUT2D eigenvalue weighted by Gasteiger charge is 2.48. The zero-order chi connectivity index (χ0) is 34.7. The second-order valence-corrected chi connectivity index (χ2v) is 11.3. The first-order chi connectivity index (χ1) is 23.6. The van der Waals surface area contributed by atoms with Gasteiger partial charge in [0.25, 0.3) is 0 Å². The van der Waals surface area contributed by atoms with E-state index in [1.165, 1.54) is 61.1 Å². The third-order valence-corrected chi connectivity index (χ3v) is 7.81. The van der Waals surface area contributed by atoms with Crippen LogP contribution in [0.3, 0.4) is 0 Å². The van der Waals surface area contributed by atoms with Crippen molar-refractivity contribution in [3.8, 4) is 45.8 Å². The first kappa shape index (κ1) is 32.8. The van der Waals surface area contributed by atoms with Gasteiger partial charge in [0.2, 0.25) is 17.5 Å². The van der Waals surface area contributed by atoms with Crippen LogP contribution in [0.2, 0.25) is 0 Å². The minimum atomic E-state index is -1.57. The van der Waals surface area contributed by atoms with Gasteiger partial charge in [-0.2, -0.15) is 0 Å². The molecule has 2 heterocycles. The Hall–Kier alpha value is -6.11. The van der Waals surface area contributed by atoms with Crippen molar-refractivity contribution in [3.05, 3.63) is 119 Å². The van der Waals surface area contributed by atoms with Crippen molar-refractivity contribution in [1.82, 2.24) is 0 Å². The summed E-state index contributed by atoms with van der Waals surface area (Å²) in [5, 5.41) is 61.0. The molecule has 5 unspecified atom stereocenters. The Morgan fingerprint density at radius 1 is 0.694 bits per heavy atom. The van der Waals surface area contributed by atoms with E-state index in [0.717, 1.165) is 17.7 Å². The van der Waals surface area contributed by atoms with Crippen molar-refractivity contribution >= 4 is 23.1 Å². The molecule has 0 saturated carbocycles. The Morgan fingerprint density at radius 3 is 1.80 bits per heavy atom. The summed E-state index contributed by atoms with van der Waals surface area (Å²) < 4.78 is 30.1. The zero-order valence-electron chi connectivity index (χ0n) is 25.9. The molecule has 4 aromatic carbocycles. The lowest BCUT2D eigenvalue weighted by Crippen LogP contribution is -2.59. The molecule has 252 valence electrons. The standard InChI is InChI=1S/C37H32O12/c1-20-33(45-16-14-21-2-8-24(38)9-3-21)35(46-17-15-22-4-10-25(39)11-5-22)32(44)37(47-20)49-36-31(43)30-28(42)18-27(41)19-29(30)48-34(36)23-6-12-26(40)13-7-23/h2-20,32-33,35,37-42,44H,1H3. The number of phenolic OH excluding ortho intramolecular Hbond substituents is 5. The number of rotatable bonds is 9. The van der Waals surface area contributed by atoms with E-state index in [0.29, 0.717) is 11.1 Å². The van der Waals surface area contributed by atoms with Crippen molar-refractivity contribution in [1.29, 1.82) is 0 Å². The van der Waals surface area contributed by atoms with Gasteiger partial charge >= 0.3 is 0 Å². The molecule has 5 aromatic rings. The summed E-state index contributed by atoms with van der Waals surface area (Å²) in [5.74, 6) is -1.28. The summed E-state index contributed by atoms with van der Waals surface area (Å²) in [5.41, 5.74) is 0.785. The normalized spacial score (nSPS) is 20.9. The minimum Gasteiger partial charge on any atom is -0.508 e. The van der Waals surface area contributed by atoms with Crippen LogP contribution in [-0.4, -0.2) is 61.3 Å². The predicted octanol–water partition coefficient (Wildman–Crippen LogP) is 5.58. The number of fused-ring (bicyclic) bond motifs is 1. The van der Waals surface area contributed by atoms with E-state index < -0.39 is 47.6 Å². The molecule has 1 saturated heterocycles. The fraction of sp³-hybridized carbons (Fsp3) is 0.162. The van der Waals surface area contributed by atoms with Crippen LogP contribution < -0.4 is 10.2 Å². The second kappa shape index (κ2) is 13.9. The maximum Gasteiger partial charge on any atom is 0.239 e. The highest BCUT2D eigenvalue weighted by molar-refractivity contribution is 5.88. The lowest BCUT2D eigenvalue weighted by molar-refractivity contribution is -0.269. The van der Waals surface area contributed by atoms with E-state index in [1.54, 1.807) is 43.3 Å². The van der Waals surface area contributed by atoms with Gasteiger partial charge in [-0.05, 0) is 78.7 Å². The maximum absolute atomic E-state index is 13.9. The van der Waals surface area contributed by atoms with Crippen molar-refractivity contribution in [3.63, 3.8) is 0 Å². The van der Waals surface area contributed by atoms with E-state index in [-0.39, 0.29) is 39.7 Å². The number of benzene rings is 4. The van der Waals surface area contributed by atoms with Crippen molar-refractivity contribution in [2.75, 3.05) is 0 Å². The van der Waals surface area contributed by atoms with Crippen LogP contribution in [-0.2, 0) is 14.2 Å². The van der Waals surface area contributed by atoms with Gasteiger partial charge in [0, 0.05) is 17.7 Å². The monoisotopic (exact) mass is 668 g/mol. The van der Waals surface area contributed by atoms with Crippen LogP contribution in [0.1, 0.15) is 18.1 Å². The molecule has 1 aliphatic heterocycles. The van der Waals surface area contributed by atoms with Crippen LogP contribution in [0, 0.1) is 0 Å². The zero-order valence-corrected chi connectivity index (χ0v) is 25.9. The van der Waals surface area contributed by atoms with Crippen LogP contribution in [0.25, 0.3) is 34.4 Å². The molecule has 0 aliphatic carbocycles. The third kappa shape index (κ3) is 7.25. The largest absolute Gasteiger partial charge is 0.508 e. The van der Waals surface area contributed by atoms with E-state index in [9.17, 15) is 35.4 Å². The van der Waals surface area contributed by atoms with E-state index in [2.05, 4.69) is 0 Å². The van der Waals surface area contributed by atoms with E-state index in [1.807, 2.05) is 0 Å². The lowest BCUT2D eigenvalue weighted by atomic mass is 9.99. The van der Waals surface area contributed by atoms with Crippen LogP contribution in [0.5, 0.6) is 34.5 Å². The SMILES string of the molecule is CC1OC(Oc2c(-c3ccc(O)cc3)oc3cc(O)cc(O)c3c2=O)C(O)C(OC=Cc2ccc(O)cc2)C1OC=Cc1ccc(O)cc1. The summed E-state index contributed by atoms with van der Waals surface area (Å²) in [7, 11) is 0. The number of aliphatic hydroxyl groups is 1. The quantitative estimate of drug-likeness (QED) is 0.107. The first-order valence-electron chi connectivity index (χ1n) is 15.1. The van der Waals surface area contributed by atoms with Gasteiger partial charge in [-0.1, -0.05) is 24.3 Å². The summed E-state index contributed by atoms with van der Waals surface area (Å²) in [4.78, 5) is 13.9. The highest BCUT2D eigenvalue weighted by atomic mass is 16.7. The predicted molar refractivity (Wildman–Crippen MR) is 178 cm³/mol. The lowest BCUT2D eigenvalue weighted by Gasteiger charge is -2.42. The Kier molecular flexibility index (Phi) is 9.33. The average molecular weight is 669 g/mol. The summed E-state index contributed by atoms with van der Waals surface area (Å²) in [6.45, 7) is 1.67. The molecule has 0 spiro atoms. The topological polar surface area (TPSA) is 189 Å². The second-order valence-electron chi connectivity index (χ2n) is 11.3. The number of aromatic hydroxyl groups is 5. The Labute approximate surface area is 279 Å². The highest BCUT2D eigenvalue weighted by Crippen LogP contribution is 2.38. The number of phenols is 5. The smallest absolute Gasteiger partial charge is 0.239 e. The molecule has 1 aliphatic rings. The molecule has 0 bridgehead atoms. The van der Waals surface area contributed by atoms with Crippen molar-refractivity contribution < 1.29 is 54.0 Å². The van der Waals surface area contributed by atoms with Gasteiger partial charge < -0.3 is 54.0 Å². The van der Waals surface area contributed by atoms with Gasteiger partial charge in [0.1, 0.15) is 39.7 Å². The molecule has 6 N–H and O–H groups in total. The third-order valence-electron chi connectivity index (χ3n) is 7.81. The Bertz CT molecular complexity index is 2030. The van der Waals surface area contributed by atoms with E-state index in [4.69, 9.17) is 23.4 Å². The number of hydrogen-bond acceptors (Lipinski definition) is 12. The molecule has 12 heteroatoms. The van der Waals surface area contributed by atoms with Gasteiger partial charge in [-0.15, -0.1) is 0 Å². The summed E-state index contributed by atoms with van der Waals surface area (Å²) in [6.07, 6.45) is 0.132. The molecule has 12 nitrogen and oxygen atoms in total. The van der Waals surface area contributed by atoms with Crippen LogP contribution in [0.4, 0.5) is 0 Å². The summed E-state index contributed by atoms with van der Waals surface area (Å²) in [6, 6.07) is 20.6.